The van der Waals surface area contributed by atoms with Crippen molar-refractivity contribution < 1.29 is 15.8 Å². The topological polar surface area (TPSA) is 51.2 Å². The molecule has 3 nitrogen and oxygen atoms in total. The van der Waals surface area contributed by atoms with E-state index in [9.17, 15) is 14.4 Å². The third-order valence-electron chi connectivity index (χ3n) is 1.59. The SMILES string of the molecule is [2H]C(=O)CCCC=C(C=O)CCC=O. The van der Waals surface area contributed by atoms with Crippen molar-refractivity contribution in [3.8, 4) is 0 Å². The average Bonchev–Trinajstić information content (AvgIpc) is 2.16. The maximum atomic E-state index is 10.5. The lowest BCUT2D eigenvalue weighted by molar-refractivity contribution is -0.108. The molecule has 0 aliphatic heterocycles. The molecule has 0 fully saturated rings. The van der Waals surface area contributed by atoms with Crippen molar-refractivity contribution in [2.45, 2.75) is 32.1 Å². The number of carbonyl (C=O) groups excluding carboxylic acids is 3. The fraction of sp³-hybridized carbons (Fsp3) is 0.500. The Morgan fingerprint density at radius 2 is 1.92 bits per heavy atom. The minimum absolute atomic E-state index is 0.219. The van der Waals surface area contributed by atoms with E-state index in [0.29, 0.717) is 31.3 Å². The Labute approximate surface area is 79.2 Å². The summed E-state index contributed by atoms with van der Waals surface area (Å²) in [6, 6.07) is 0. The quantitative estimate of drug-likeness (QED) is 0.325. The van der Waals surface area contributed by atoms with Crippen molar-refractivity contribution in [1.82, 2.24) is 0 Å². The van der Waals surface area contributed by atoms with Gasteiger partial charge in [-0.2, -0.15) is 0 Å². The number of carbonyl (C=O) groups is 3. The van der Waals surface area contributed by atoms with Crippen molar-refractivity contribution in [2.24, 2.45) is 0 Å². The van der Waals surface area contributed by atoms with Crippen LogP contribution in [0.2, 0.25) is 0 Å². The summed E-state index contributed by atoms with van der Waals surface area (Å²) < 4.78 is 6.64. The molecule has 0 bridgehead atoms. The molecule has 0 aromatic heterocycles. The van der Waals surface area contributed by atoms with Crippen molar-refractivity contribution in [2.75, 3.05) is 0 Å². The first-order valence-corrected chi connectivity index (χ1v) is 4.28. The van der Waals surface area contributed by atoms with Gasteiger partial charge in [0.25, 0.3) is 0 Å². The molecular formula is C10H14O3. The van der Waals surface area contributed by atoms with Gasteiger partial charge in [0, 0.05) is 12.8 Å². The Morgan fingerprint density at radius 1 is 1.15 bits per heavy atom. The first-order valence-electron chi connectivity index (χ1n) is 4.78. The first-order chi connectivity index (χ1) is 6.70. The molecule has 3 heteroatoms. The molecule has 0 aromatic carbocycles. The van der Waals surface area contributed by atoms with Crippen LogP contribution >= 0.6 is 0 Å². The number of aldehydes is 3. The number of rotatable bonds is 8. The van der Waals surface area contributed by atoms with Gasteiger partial charge < -0.3 is 9.59 Å². The minimum Gasteiger partial charge on any atom is -0.303 e. The Hall–Kier alpha value is -1.25. The largest absolute Gasteiger partial charge is 0.303 e. The Bertz CT molecular complexity index is 234. The van der Waals surface area contributed by atoms with Gasteiger partial charge in [0.2, 0.25) is 0 Å². The average molecular weight is 183 g/mol. The molecule has 0 aliphatic rings. The number of unbranched alkanes of at least 4 members (excludes halogenated alkanes) is 1. The van der Waals surface area contributed by atoms with Gasteiger partial charge in [0.05, 0.1) is 0 Å². The van der Waals surface area contributed by atoms with Gasteiger partial charge >= 0.3 is 0 Å². The fourth-order valence-electron chi connectivity index (χ4n) is 0.896. The van der Waals surface area contributed by atoms with E-state index in [4.69, 9.17) is 1.37 Å². The van der Waals surface area contributed by atoms with E-state index in [0.717, 1.165) is 12.6 Å². The van der Waals surface area contributed by atoms with Gasteiger partial charge in [-0.05, 0) is 24.8 Å². The summed E-state index contributed by atoms with van der Waals surface area (Å²) >= 11 is 0. The monoisotopic (exact) mass is 183 g/mol. The molecule has 0 unspecified atom stereocenters. The molecule has 72 valence electrons. The lowest BCUT2D eigenvalue weighted by atomic mass is 10.1. The molecule has 0 aliphatic carbocycles. The van der Waals surface area contributed by atoms with E-state index in [1.807, 2.05) is 0 Å². The molecule has 0 saturated carbocycles. The maximum absolute atomic E-state index is 10.5. The molecule has 13 heavy (non-hydrogen) atoms. The molecular weight excluding hydrogens is 168 g/mol. The summed E-state index contributed by atoms with van der Waals surface area (Å²) in [5.41, 5.74) is 0.592. The van der Waals surface area contributed by atoms with Gasteiger partial charge in [-0.25, -0.2) is 0 Å². The van der Waals surface area contributed by atoms with Crippen molar-refractivity contribution in [3.05, 3.63) is 11.6 Å². The van der Waals surface area contributed by atoms with E-state index in [1.165, 1.54) is 0 Å². The maximum Gasteiger partial charge on any atom is 0.145 e. The molecule has 0 atom stereocenters. The second-order valence-corrected chi connectivity index (χ2v) is 2.64. The van der Waals surface area contributed by atoms with Gasteiger partial charge in [-0.3, -0.25) is 4.79 Å². The van der Waals surface area contributed by atoms with Gasteiger partial charge in [-0.15, -0.1) is 0 Å². The molecule has 0 N–H and O–H groups in total. The molecule has 0 rings (SSSR count). The summed E-state index contributed by atoms with van der Waals surface area (Å²) in [6.07, 6.45) is 4.85. The summed E-state index contributed by atoms with van der Waals surface area (Å²) in [5, 5.41) is 0. The fourth-order valence-corrected chi connectivity index (χ4v) is 0.896. The van der Waals surface area contributed by atoms with Crippen LogP contribution in [0.15, 0.2) is 11.6 Å². The second kappa shape index (κ2) is 8.84. The highest BCUT2D eigenvalue weighted by atomic mass is 16.1. The zero-order valence-corrected chi connectivity index (χ0v) is 7.49. The molecule has 0 aromatic rings. The highest BCUT2D eigenvalue weighted by Gasteiger charge is 1.94. The second-order valence-electron chi connectivity index (χ2n) is 2.64. The summed E-state index contributed by atoms with van der Waals surface area (Å²) in [4.78, 5) is 30.7. The lowest BCUT2D eigenvalue weighted by Gasteiger charge is -1.94. The summed E-state index contributed by atoms with van der Waals surface area (Å²) in [5.74, 6) is 0. The number of hydrogen-bond donors (Lipinski definition) is 0. The summed E-state index contributed by atoms with van der Waals surface area (Å²) in [6.45, 7) is 0. The predicted molar refractivity (Wildman–Crippen MR) is 49.4 cm³/mol. The van der Waals surface area contributed by atoms with Crippen LogP contribution < -0.4 is 0 Å². The van der Waals surface area contributed by atoms with Crippen LogP contribution in [0.5, 0.6) is 0 Å². The standard InChI is InChI=1S/C10H14O3/c11-7-3-1-2-5-10(9-13)6-4-8-12/h5,7-9H,1-4,6H2/i7D. The minimum atomic E-state index is -0.584. The third kappa shape index (κ3) is 7.12. The van der Waals surface area contributed by atoms with Crippen LogP contribution in [-0.4, -0.2) is 18.8 Å². The van der Waals surface area contributed by atoms with Crippen LogP contribution in [0, 0.1) is 0 Å². The zero-order chi connectivity index (χ0) is 10.8. The smallest absolute Gasteiger partial charge is 0.145 e. The molecule has 0 heterocycles. The van der Waals surface area contributed by atoms with Gasteiger partial charge in [0.1, 0.15) is 20.2 Å². The van der Waals surface area contributed by atoms with Crippen molar-refractivity contribution in [1.29, 1.82) is 0 Å². The molecule has 0 amide bonds. The van der Waals surface area contributed by atoms with Crippen LogP contribution in [0.1, 0.15) is 33.5 Å². The van der Waals surface area contributed by atoms with Crippen molar-refractivity contribution >= 4 is 18.8 Å². The molecule has 0 radical (unpaired) electrons. The van der Waals surface area contributed by atoms with Crippen molar-refractivity contribution in [3.63, 3.8) is 0 Å². The normalized spacial score (nSPS) is 12.0. The zero-order valence-electron chi connectivity index (χ0n) is 8.49. The summed E-state index contributed by atoms with van der Waals surface area (Å²) in [7, 11) is 0. The van der Waals surface area contributed by atoms with Crippen LogP contribution in [-0.2, 0) is 14.4 Å². The highest BCUT2D eigenvalue weighted by molar-refractivity contribution is 5.73. The van der Waals surface area contributed by atoms with Gasteiger partial charge in [-0.1, -0.05) is 6.08 Å². The van der Waals surface area contributed by atoms with Gasteiger partial charge in [0.15, 0.2) is 0 Å². The van der Waals surface area contributed by atoms with Crippen LogP contribution in [0.4, 0.5) is 0 Å². The van der Waals surface area contributed by atoms with Crippen LogP contribution in [0.25, 0.3) is 0 Å². The highest BCUT2D eigenvalue weighted by Crippen LogP contribution is 2.04. The van der Waals surface area contributed by atoms with E-state index in [-0.39, 0.29) is 6.42 Å². The van der Waals surface area contributed by atoms with Crippen LogP contribution in [0.3, 0.4) is 0 Å². The Morgan fingerprint density at radius 3 is 2.46 bits per heavy atom. The third-order valence-corrected chi connectivity index (χ3v) is 1.59. The van der Waals surface area contributed by atoms with E-state index < -0.39 is 6.26 Å². The Kier molecular flexibility index (Phi) is 6.69. The molecule has 0 saturated heterocycles. The Balaban J connectivity index is 3.74. The number of allylic oxidation sites excluding steroid dienone is 2. The lowest BCUT2D eigenvalue weighted by Crippen LogP contribution is -1.87. The number of hydrogen-bond acceptors (Lipinski definition) is 3. The van der Waals surface area contributed by atoms with E-state index in [2.05, 4.69) is 0 Å². The molecule has 0 spiro atoms. The van der Waals surface area contributed by atoms with E-state index >= 15 is 0 Å². The first kappa shape index (κ1) is 9.84. The predicted octanol–water partition coefficient (Wildman–Crippen LogP) is 1.46. The van der Waals surface area contributed by atoms with E-state index in [1.54, 1.807) is 6.08 Å².